The zero-order valence-electron chi connectivity index (χ0n) is 10.6. The van der Waals surface area contributed by atoms with Crippen molar-refractivity contribution in [2.24, 2.45) is 5.73 Å². The maximum atomic E-state index is 11.8. The average Bonchev–Trinajstić information content (AvgIpc) is 2.94. The van der Waals surface area contributed by atoms with E-state index in [0.29, 0.717) is 18.0 Å². The van der Waals surface area contributed by atoms with Crippen LogP contribution in [-0.4, -0.2) is 24.3 Å². The van der Waals surface area contributed by atoms with Crippen molar-refractivity contribution in [2.75, 3.05) is 11.9 Å². The molecule has 2 rings (SSSR count). The predicted molar refractivity (Wildman–Crippen MR) is 74.2 cm³/mol. The van der Waals surface area contributed by atoms with Crippen molar-refractivity contribution in [3.63, 3.8) is 0 Å². The van der Waals surface area contributed by atoms with Crippen molar-refractivity contribution >= 4 is 17.3 Å². The van der Waals surface area contributed by atoms with Crippen LogP contribution in [0.2, 0.25) is 0 Å². The van der Waals surface area contributed by atoms with Gasteiger partial charge in [-0.05, 0) is 42.8 Å². The number of nitrogens with one attached hydrogen (secondary N) is 2. The van der Waals surface area contributed by atoms with E-state index >= 15 is 0 Å². The minimum atomic E-state index is -0.335. The molecule has 0 aliphatic carbocycles. The minimum absolute atomic E-state index is 0.109. The van der Waals surface area contributed by atoms with Gasteiger partial charge in [0.15, 0.2) is 0 Å². The Morgan fingerprint density at radius 2 is 2.16 bits per heavy atom. The SMILES string of the molecule is N=C(C=CN)c1ccc(NC(=O)[C@@H]2CCCO2)cc1. The standard InChI is InChI=1S/C14H17N3O2/c15-8-7-12(16)10-3-5-11(6-4-10)17-14(18)13-2-1-9-19-13/h3-8,13,16H,1-2,9,15H2,(H,17,18)/t13-/m0/s1. The molecule has 4 N–H and O–H groups in total. The number of amides is 1. The number of carbonyl (C=O) groups is 1. The van der Waals surface area contributed by atoms with Gasteiger partial charge in [0.25, 0.3) is 5.91 Å². The van der Waals surface area contributed by atoms with Crippen LogP contribution in [0.1, 0.15) is 18.4 Å². The van der Waals surface area contributed by atoms with Gasteiger partial charge in [-0.25, -0.2) is 0 Å². The first-order valence-corrected chi connectivity index (χ1v) is 6.20. The monoisotopic (exact) mass is 259 g/mol. The number of anilines is 1. The minimum Gasteiger partial charge on any atom is -0.405 e. The summed E-state index contributed by atoms with van der Waals surface area (Å²) in [6.07, 6.45) is 4.21. The maximum absolute atomic E-state index is 11.8. The van der Waals surface area contributed by atoms with Gasteiger partial charge in [-0.2, -0.15) is 0 Å². The van der Waals surface area contributed by atoms with Crippen molar-refractivity contribution in [1.29, 1.82) is 5.41 Å². The topological polar surface area (TPSA) is 88.2 Å². The quantitative estimate of drug-likeness (QED) is 0.718. The molecule has 1 saturated heterocycles. The molecule has 19 heavy (non-hydrogen) atoms. The van der Waals surface area contributed by atoms with Crippen molar-refractivity contribution in [1.82, 2.24) is 0 Å². The number of benzene rings is 1. The lowest BCUT2D eigenvalue weighted by Crippen LogP contribution is -2.26. The number of ether oxygens (including phenoxy) is 1. The molecule has 0 saturated carbocycles. The maximum Gasteiger partial charge on any atom is 0.253 e. The summed E-state index contributed by atoms with van der Waals surface area (Å²) < 4.78 is 5.31. The Labute approximate surface area is 112 Å². The molecular formula is C14H17N3O2. The molecule has 1 amide bonds. The number of rotatable bonds is 4. The number of carbonyl (C=O) groups excluding carboxylic acids is 1. The predicted octanol–water partition coefficient (Wildman–Crippen LogP) is 1.64. The lowest BCUT2D eigenvalue weighted by molar-refractivity contribution is -0.124. The summed E-state index contributed by atoms with van der Waals surface area (Å²) in [7, 11) is 0. The number of allylic oxidation sites excluding steroid dienone is 1. The van der Waals surface area contributed by atoms with E-state index in [1.54, 1.807) is 24.3 Å². The number of hydrogen-bond donors (Lipinski definition) is 3. The summed E-state index contributed by atoms with van der Waals surface area (Å²) >= 11 is 0. The molecule has 1 aromatic rings. The molecule has 1 aromatic carbocycles. The van der Waals surface area contributed by atoms with Gasteiger partial charge in [0.05, 0.1) is 5.71 Å². The molecule has 0 aromatic heterocycles. The zero-order chi connectivity index (χ0) is 13.7. The molecule has 100 valence electrons. The van der Waals surface area contributed by atoms with Crippen LogP contribution in [0.5, 0.6) is 0 Å². The van der Waals surface area contributed by atoms with Crippen molar-refractivity contribution in [2.45, 2.75) is 18.9 Å². The largest absolute Gasteiger partial charge is 0.405 e. The Morgan fingerprint density at radius 1 is 1.42 bits per heavy atom. The third kappa shape index (κ3) is 3.42. The normalized spacial score (nSPS) is 18.6. The van der Waals surface area contributed by atoms with Gasteiger partial charge < -0.3 is 21.2 Å². The van der Waals surface area contributed by atoms with E-state index in [9.17, 15) is 4.79 Å². The first-order valence-electron chi connectivity index (χ1n) is 6.20. The van der Waals surface area contributed by atoms with Gasteiger partial charge in [-0.1, -0.05) is 12.1 Å². The van der Waals surface area contributed by atoms with E-state index in [0.717, 1.165) is 18.4 Å². The highest BCUT2D eigenvalue weighted by Crippen LogP contribution is 2.16. The van der Waals surface area contributed by atoms with E-state index in [-0.39, 0.29) is 12.0 Å². The lowest BCUT2D eigenvalue weighted by Gasteiger charge is -2.10. The Bertz CT molecular complexity index is 488. The molecule has 5 nitrogen and oxygen atoms in total. The van der Waals surface area contributed by atoms with Crippen LogP contribution in [0.15, 0.2) is 36.5 Å². The lowest BCUT2D eigenvalue weighted by atomic mass is 10.1. The molecule has 1 heterocycles. The molecule has 1 aliphatic heterocycles. The first-order chi connectivity index (χ1) is 9.20. The van der Waals surface area contributed by atoms with Crippen LogP contribution < -0.4 is 11.1 Å². The fourth-order valence-corrected chi connectivity index (χ4v) is 1.93. The van der Waals surface area contributed by atoms with Gasteiger partial charge in [-0.3, -0.25) is 4.79 Å². The second-order valence-electron chi connectivity index (χ2n) is 4.34. The molecule has 0 spiro atoms. The first kappa shape index (κ1) is 13.3. The van der Waals surface area contributed by atoms with E-state index in [1.165, 1.54) is 12.3 Å². The highest BCUT2D eigenvalue weighted by molar-refractivity contribution is 6.06. The summed E-state index contributed by atoms with van der Waals surface area (Å²) in [5, 5.41) is 10.5. The Morgan fingerprint density at radius 3 is 2.74 bits per heavy atom. The molecule has 0 bridgehead atoms. The molecule has 1 atom stereocenters. The fourth-order valence-electron chi connectivity index (χ4n) is 1.93. The Kier molecular flexibility index (Phi) is 4.30. The van der Waals surface area contributed by atoms with Crippen molar-refractivity contribution < 1.29 is 9.53 Å². The summed E-state index contributed by atoms with van der Waals surface area (Å²) in [5.41, 5.74) is 7.02. The molecule has 1 aliphatic rings. The summed E-state index contributed by atoms with van der Waals surface area (Å²) in [5.74, 6) is -0.109. The van der Waals surface area contributed by atoms with Gasteiger partial charge in [0.1, 0.15) is 6.10 Å². The highest BCUT2D eigenvalue weighted by Gasteiger charge is 2.23. The van der Waals surface area contributed by atoms with Gasteiger partial charge in [0, 0.05) is 12.3 Å². The highest BCUT2D eigenvalue weighted by atomic mass is 16.5. The summed E-state index contributed by atoms with van der Waals surface area (Å²) in [4.78, 5) is 11.8. The Hall–Kier alpha value is -2.14. The Balaban J connectivity index is 1.98. The fraction of sp³-hybridized carbons (Fsp3) is 0.286. The summed E-state index contributed by atoms with van der Waals surface area (Å²) in [6, 6.07) is 7.07. The molecule has 1 fully saturated rings. The van der Waals surface area contributed by atoms with Crippen LogP contribution in [0.25, 0.3) is 0 Å². The average molecular weight is 259 g/mol. The molecular weight excluding hydrogens is 242 g/mol. The van der Waals surface area contributed by atoms with E-state index in [4.69, 9.17) is 15.9 Å². The zero-order valence-corrected chi connectivity index (χ0v) is 10.6. The van der Waals surface area contributed by atoms with Gasteiger partial charge >= 0.3 is 0 Å². The van der Waals surface area contributed by atoms with Gasteiger partial charge in [-0.15, -0.1) is 0 Å². The van der Waals surface area contributed by atoms with Crippen molar-refractivity contribution in [3.05, 3.63) is 42.1 Å². The van der Waals surface area contributed by atoms with Crippen LogP contribution in [0, 0.1) is 5.41 Å². The van der Waals surface area contributed by atoms with Crippen LogP contribution in [0.3, 0.4) is 0 Å². The van der Waals surface area contributed by atoms with E-state index in [2.05, 4.69) is 5.32 Å². The van der Waals surface area contributed by atoms with Gasteiger partial charge in [0.2, 0.25) is 0 Å². The second-order valence-corrected chi connectivity index (χ2v) is 4.34. The third-order valence-corrected chi connectivity index (χ3v) is 2.95. The third-order valence-electron chi connectivity index (χ3n) is 2.95. The van der Waals surface area contributed by atoms with Crippen molar-refractivity contribution in [3.8, 4) is 0 Å². The van der Waals surface area contributed by atoms with E-state index in [1.807, 2.05) is 0 Å². The number of hydrogen-bond acceptors (Lipinski definition) is 4. The number of nitrogens with two attached hydrogens (primary N) is 1. The molecule has 0 radical (unpaired) electrons. The molecule has 5 heteroatoms. The van der Waals surface area contributed by atoms with Crippen LogP contribution in [0.4, 0.5) is 5.69 Å². The van der Waals surface area contributed by atoms with E-state index < -0.39 is 0 Å². The molecule has 0 unspecified atom stereocenters. The van der Waals surface area contributed by atoms with Crippen LogP contribution in [-0.2, 0) is 9.53 Å². The summed E-state index contributed by atoms with van der Waals surface area (Å²) in [6.45, 7) is 0.652. The smallest absolute Gasteiger partial charge is 0.253 e. The second kappa shape index (κ2) is 6.15. The van der Waals surface area contributed by atoms with Crippen LogP contribution >= 0.6 is 0 Å².